The van der Waals surface area contributed by atoms with E-state index in [1.165, 1.54) is 19.9 Å². The Hall–Kier alpha value is -5.58. The molecule has 2 aromatic carbocycles. The van der Waals surface area contributed by atoms with Gasteiger partial charge in [0.15, 0.2) is 0 Å². The Kier molecular flexibility index (Phi) is 8.95. The van der Waals surface area contributed by atoms with E-state index in [1.54, 1.807) is 0 Å². The molecule has 0 fully saturated rings. The van der Waals surface area contributed by atoms with E-state index in [9.17, 15) is 40.6 Å². The van der Waals surface area contributed by atoms with Gasteiger partial charge in [-0.05, 0) is 49.2 Å². The average Bonchev–Trinajstić information content (AvgIpc) is 3.41. The highest BCUT2D eigenvalue weighted by molar-refractivity contribution is 7.86. The van der Waals surface area contributed by atoms with Crippen molar-refractivity contribution < 1.29 is 55.2 Å². The largest absolute Gasteiger partial charge is 0.512 e. The van der Waals surface area contributed by atoms with Crippen LogP contribution < -0.4 is 32.1 Å². The molecular formula is C22H22N6O14S2. The molecule has 0 saturated heterocycles. The van der Waals surface area contributed by atoms with E-state index in [0.717, 1.165) is 39.7 Å². The van der Waals surface area contributed by atoms with Crippen LogP contribution in [-0.2, 0) is 20.2 Å². The van der Waals surface area contributed by atoms with Crippen molar-refractivity contribution >= 4 is 43.9 Å². The second-order valence-corrected chi connectivity index (χ2v) is 11.4. The first-order valence-corrected chi connectivity index (χ1v) is 14.3. The van der Waals surface area contributed by atoms with Gasteiger partial charge in [-0.1, -0.05) is 0 Å². The van der Waals surface area contributed by atoms with E-state index < -0.39 is 53.5 Å². The zero-order valence-electron chi connectivity index (χ0n) is 22.2. The molecule has 0 aliphatic rings. The number of nitrogens with two attached hydrogens (primary N) is 2. The molecule has 0 amide bonds. The van der Waals surface area contributed by atoms with E-state index in [2.05, 4.69) is 19.7 Å². The third kappa shape index (κ3) is 7.43. The number of nitrogens with one attached hydrogen (secondary N) is 2. The molecule has 0 spiro atoms. The molecular weight excluding hydrogens is 636 g/mol. The summed E-state index contributed by atoms with van der Waals surface area (Å²) in [4.78, 5) is 43.6. The normalized spacial score (nSPS) is 11.4. The quantitative estimate of drug-likeness (QED) is 0.0803. The van der Waals surface area contributed by atoms with Crippen LogP contribution >= 0.6 is 0 Å². The Labute approximate surface area is 245 Å². The maximum Gasteiger partial charge on any atom is 0.512 e. The molecule has 0 radical (unpaired) electrons. The van der Waals surface area contributed by atoms with Crippen LogP contribution in [0.15, 0.2) is 55.8 Å². The van der Waals surface area contributed by atoms with Crippen molar-refractivity contribution in [2.45, 2.75) is 23.6 Å². The highest BCUT2D eigenvalue weighted by Gasteiger charge is 2.20. The highest BCUT2D eigenvalue weighted by atomic mass is 32.2. The van der Waals surface area contributed by atoms with Gasteiger partial charge in [0.1, 0.15) is 4.90 Å². The topological polar surface area (TPSA) is 329 Å². The minimum Gasteiger partial charge on any atom is -0.449 e. The Morgan fingerprint density at radius 2 is 1.18 bits per heavy atom. The fraction of sp³-hybridized carbons (Fsp3) is 0.0909. The summed E-state index contributed by atoms with van der Waals surface area (Å²) in [6.45, 7) is 2.87. The Morgan fingerprint density at radius 1 is 0.727 bits per heavy atom. The number of carbonyl (C=O) groups is 2. The molecule has 4 rings (SSSR count). The maximum absolute atomic E-state index is 11.9. The second-order valence-electron chi connectivity index (χ2n) is 8.59. The van der Waals surface area contributed by atoms with Crippen LogP contribution in [0.25, 0.3) is 11.4 Å². The van der Waals surface area contributed by atoms with Crippen LogP contribution in [0.5, 0.6) is 11.8 Å². The molecule has 0 bridgehead atoms. The van der Waals surface area contributed by atoms with Crippen molar-refractivity contribution in [3.05, 3.63) is 68.2 Å². The number of benzene rings is 2. The SMILES string of the molecule is Cc1c(-n2[nH]c(OC(=O)O)cc2=O)cc(N)cc1S(=O)(=O)O.Cc1c(N)cc(S(=O)(=O)O)cc1-n1[nH]c(OC(=O)O)cc1=O. The van der Waals surface area contributed by atoms with E-state index in [-0.39, 0.29) is 40.1 Å². The molecule has 10 N–H and O–H groups in total. The summed E-state index contributed by atoms with van der Waals surface area (Å²) in [5, 5.41) is 21.7. The third-order valence-corrected chi connectivity index (χ3v) is 7.41. The zero-order valence-corrected chi connectivity index (χ0v) is 23.8. The Bertz CT molecular complexity index is 2060. The molecule has 2 aromatic heterocycles. The van der Waals surface area contributed by atoms with Crippen LogP contribution in [0.1, 0.15) is 11.1 Å². The standard InChI is InChI=1S/2C11H11N3O7S/c1-5-7(12)2-6(22(18,19)20)3-8(5)14-10(15)4-9(13-14)21-11(16)17;1-5-7(2-6(12)3-8(5)22(18,19)20)14-10(15)4-9(13-14)21-11(16)17/h2*2-4,13H,12H2,1H3,(H,16,17)(H,18,19,20). The summed E-state index contributed by atoms with van der Waals surface area (Å²) < 4.78 is 73.6. The van der Waals surface area contributed by atoms with Gasteiger partial charge in [0, 0.05) is 11.4 Å². The van der Waals surface area contributed by atoms with Crippen molar-refractivity contribution in [3.8, 4) is 23.1 Å². The van der Waals surface area contributed by atoms with E-state index in [1.807, 2.05) is 0 Å². The number of hydrogen-bond acceptors (Lipinski definition) is 12. The van der Waals surface area contributed by atoms with E-state index in [4.69, 9.17) is 26.2 Å². The number of carboxylic acid groups (broad SMARTS) is 2. The summed E-state index contributed by atoms with van der Waals surface area (Å²) in [5.74, 6) is -0.708. The molecule has 0 aliphatic heterocycles. The van der Waals surface area contributed by atoms with Gasteiger partial charge in [-0.3, -0.25) is 28.9 Å². The van der Waals surface area contributed by atoms with Gasteiger partial charge in [0.25, 0.3) is 31.4 Å². The van der Waals surface area contributed by atoms with E-state index >= 15 is 0 Å². The number of ether oxygens (including phenoxy) is 2. The van der Waals surface area contributed by atoms with Crippen molar-refractivity contribution in [3.63, 3.8) is 0 Å². The molecule has 236 valence electrons. The lowest BCUT2D eigenvalue weighted by Gasteiger charge is -2.11. The maximum atomic E-state index is 11.9. The first-order chi connectivity index (χ1) is 20.2. The zero-order chi connectivity index (χ0) is 33.3. The minimum absolute atomic E-state index is 0.0181. The molecule has 20 nitrogen and oxygen atoms in total. The third-order valence-electron chi connectivity index (χ3n) is 5.59. The van der Waals surface area contributed by atoms with Gasteiger partial charge >= 0.3 is 12.3 Å². The molecule has 4 aromatic rings. The average molecular weight is 659 g/mol. The number of rotatable bonds is 6. The number of hydrogen-bond donors (Lipinski definition) is 8. The minimum atomic E-state index is -4.55. The van der Waals surface area contributed by atoms with Gasteiger partial charge in [-0.15, -0.1) is 0 Å². The molecule has 0 unspecified atom stereocenters. The summed E-state index contributed by atoms with van der Waals surface area (Å²) in [6.07, 6.45) is -3.26. The van der Waals surface area contributed by atoms with E-state index in [0.29, 0.717) is 5.56 Å². The summed E-state index contributed by atoms with van der Waals surface area (Å²) in [6, 6.07) is 6.11. The number of nitrogens with zero attached hydrogens (tertiary/aromatic N) is 2. The first kappa shape index (κ1) is 32.9. The monoisotopic (exact) mass is 658 g/mol. The van der Waals surface area contributed by atoms with Crippen LogP contribution in [0.2, 0.25) is 0 Å². The van der Waals surface area contributed by atoms with Gasteiger partial charge in [0.2, 0.25) is 11.8 Å². The molecule has 2 heterocycles. The fourth-order valence-corrected chi connectivity index (χ4v) is 4.98. The number of nitrogen functional groups attached to an aromatic ring is 2. The molecule has 44 heavy (non-hydrogen) atoms. The number of aromatic nitrogens is 4. The van der Waals surface area contributed by atoms with Crippen LogP contribution in [-0.4, -0.2) is 68.0 Å². The van der Waals surface area contributed by atoms with Crippen molar-refractivity contribution in [2.75, 3.05) is 11.5 Å². The lowest BCUT2D eigenvalue weighted by molar-refractivity contribution is 0.141. The van der Waals surface area contributed by atoms with Crippen molar-refractivity contribution in [1.82, 2.24) is 19.6 Å². The van der Waals surface area contributed by atoms with Crippen LogP contribution in [0.4, 0.5) is 21.0 Å². The van der Waals surface area contributed by atoms with Gasteiger partial charge in [-0.25, -0.2) is 19.0 Å². The summed E-state index contributed by atoms with van der Waals surface area (Å²) in [5.41, 5.74) is 10.3. The van der Waals surface area contributed by atoms with Gasteiger partial charge in [-0.2, -0.15) is 16.8 Å². The Morgan fingerprint density at radius 3 is 1.59 bits per heavy atom. The number of anilines is 2. The predicted octanol–water partition coefficient (Wildman–Crippen LogP) is 0.719. The number of aromatic amines is 2. The molecule has 0 atom stereocenters. The van der Waals surface area contributed by atoms with Crippen molar-refractivity contribution in [1.29, 1.82) is 0 Å². The smallest absolute Gasteiger partial charge is 0.449 e. The first-order valence-electron chi connectivity index (χ1n) is 11.4. The molecule has 0 aliphatic carbocycles. The van der Waals surface area contributed by atoms with Gasteiger partial charge < -0.3 is 31.2 Å². The fourth-order valence-electron chi connectivity index (χ4n) is 3.67. The predicted molar refractivity (Wildman–Crippen MR) is 148 cm³/mol. The molecule has 0 saturated carbocycles. The van der Waals surface area contributed by atoms with Crippen LogP contribution in [0, 0.1) is 13.8 Å². The van der Waals surface area contributed by atoms with Crippen LogP contribution in [0.3, 0.4) is 0 Å². The lowest BCUT2D eigenvalue weighted by Crippen LogP contribution is -2.16. The summed E-state index contributed by atoms with van der Waals surface area (Å²) >= 11 is 0. The Balaban J connectivity index is 0.000000240. The summed E-state index contributed by atoms with van der Waals surface area (Å²) in [7, 11) is -9.08. The van der Waals surface area contributed by atoms with Crippen molar-refractivity contribution in [2.24, 2.45) is 0 Å². The highest BCUT2D eigenvalue weighted by Crippen LogP contribution is 2.26. The second kappa shape index (κ2) is 12.0. The number of H-pyrrole nitrogens is 2. The molecule has 22 heteroatoms. The lowest BCUT2D eigenvalue weighted by atomic mass is 10.1. The van der Waals surface area contributed by atoms with Gasteiger partial charge in [0.05, 0.1) is 28.4 Å².